The van der Waals surface area contributed by atoms with E-state index in [-0.39, 0.29) is 5.41 Å². The minimum Gasteiger partial charge on any atom is -0.481 e. The van der Waals surface area contributed by atoms with Crippen LogP contribution >= 0.6 is 0 Å². The zero-order chi connectivity index (χ0) is 14.7. The second-order valence-electron chi connectivity index (χ2n) is 7.09. The summed E-state index contributed by atoms with van der Waals surface area (Å²) < 4.78 is 0. The SMILES string of the molecule is O=C(O)CC1(CCc2ccc3c(c2)CCC3)CCCCC1. The van der Waals surface area contributed by atoms with E-state index >= 15 is 0 Å². The predicted molar refractivity (Wildman–Crippen MR) is 84.6 cm³/mol. The van der Waals surface area contributed by atoms with Gasteiger partial charge in [-0.3, -0.25) is 4.79 Å². The maximum absolute atomic E-state index is 11.2. The molecule has 0 bridgehead atoms. The van der Waals surface area contributed by atoms with E-state index in [4.69, 9.17) is 0 Å². The molecule has 114 valence electrons. The Morgan fingerprint density at radius 1 is 1.05 bits per heavy atom. The third kappa shape index (κ3) is 3.48. The average Bonchev–Trinajstić information content (AvgIpc) is 2.93. The second kappa shape index (κ2) is 6.21. The molecule has 1 saturated carbocycles. The molecule has 1 N–H and O–H groups in total. The number of rotatable bonds is 5. The van der Waals surface area contributed by atoms with Gasteiger partial charge in [0.05, 0.1) is 6.42 Å². The highest BCUT2D eigenvalue weighted by Crippen LogP contribution is 2.43. The molecule has 0 spiro atoms. The summed E-state index contributed by atoms with van der Waals surface area (Å²) in [7, 11) is 0. The third-order valence-corrected chi connectivity index (χ3v) is 5.55. The first-order valence-electron chi connectivity index (χ1n) is 8.49. The van der Waals surface area contributed by atoms with Crippen molar-refractivity contribution in [2.45, 2.75) is 70.6 Å². The molecule has 0 saturated heterocycles. The molecule has 0 unspecified atom stereocenters. The average molecular weight is 286 g/mol. The summed E-state index contributed by atoms with van der Waals surface area (Å²) in [5.41, 5.74) is 4.52. The van der Waals surface area contributed by atoms with Crippen molar-refractivity contribution in [1.82, 2.24) is 0 Å². The molecule has 0 atom stereocenters. The number of carboxylic acids is 1. The smallest absolute Gasteiger partial charge is 0.303 e. The van der Waals surface area contributed by atoms with Crippen molar-refractivity contribution in [2.75, 3.05) is 0 Å². The standard InChI is InChI=1S/C19H26O2/c20-18(21)14-19(10-2-1-3-11-19)12-9-15-7-8-16-5-4-6-17(16)13-15/h7-8,13H,1-6,9-12,14H2,(H,20,21). The number of benzene rings is 1. The lowest BCUT2D eigenvalue weighted by molar-refractivity contribution is -0.140. The molecule has 21 heavy (non-hydrogen) atoms. The number of aryl methyl sites for hydroxylation is 3. The predicted octanol–water partition coefficient (Wildman–Crippen LogP) is 4.53. The summed E-state index contributed by atoms with van der Waals surface area (Å²) in [4.78, 5) is 11.2. The molecule has 0 radical (unpaired) electrons. The van der Waals surface area contributed by atoms with Gasteiger partial charge in [0.2, 0.25) is 0 Å². The van der Waals surface area contributed by atoms with Crippen LogP contribution in [0.1, 0.15) is 68.1 Å². The minimum atomic E-state index is -0.620. The van der Waals surface area contributed by atoms with E-state index in [1.165, 1.54) is 55.2 Å². The number of hydrogen-bond donors (Lipinski definition) is 1. The van der Waals surface area contributed by atoms with Crippen molar-refractivity contribution in [3.05, 3.63) is 34.9 Å². The molecule has 1 aromatic rings. The van der Waals surface area contributed by atoms with Crippen molar-refractivity contribution in [2.24, 2.45) is 5.41 Å². The lowest BCUT2D eigenvalue weighted by atomic mass is 9.68. The van der Waals surface area contributed by atoms with Crippen LogP contribution in [0.5, 0.6) is 0 Å². The van der Waals surface area contributed by atoms with Gasteiger partial charge in [0.15, 0.2) is 0 Å². The molecule has 1 aromatic carbocycles. The van der Waals surface area contributed by atoms with Crippen LogP contribution in [-0.4, -0.2) is 11.1 Å². The van der Waals surface area contributed by atoms with Crippen LogP contribution in [0, 0.1) is 5.41 Å². The van der Waals surface area contributed by atoms with Crippen molar-refractivity contribution in [3.8, 4) is 0 Å². The first kappa shape index (κ1) is 14.6. The van der Waals surface area contributed by atoms with Gasteiger partial charge in [-0.1, -0.05) is 37.5 Å². The molecule has 0 aliphatic heterocycles. The van der Waals surface area contributed by atoms with Crippen LogP contribution in [0.3, 0.4) is 0 Å². The van der Waals surface area contributed by atoms with Gasteiger partial charge in [-0.2, -0.15) is 0 Å². The van der Waals surface area contributed by atoms with E-state index in [1.807, 2.05) is 0 Å². The molecule has 2 aliphatic carbocycles. The lowest BCUT2D eigenvalue weighted by Gasteiger charge is -2.36. The molecular formula is C19H26O2. The molecule has 0 aromatic heterocycles. The van der Waals surface area contributed by atoms with Gasteiger partial charge >= 0.3 is 5.97 Å². The fourth-order valence-corrected chi connectivity index (χ4v) is 4.33. The van der Waals surface area contributed by atoms with Crippen LogP contribution in [0.25, 0.3) is 0 Å². The van der Waals surface area contributed by atoms with Gasteiger partial charge in [-0.25, -0.2) is 0 Å². The van der Waals surface area contributed by atoms with Gasteiger partial charge in [0.25, 0.3) is 0 Å². The van der Waals surface area contributed by atoms with E-state index in [1.54, 1.807) is 0 Å². The normalized spacial score (nSPS) is 20.2. The van der Waals surface area contributed by atoms with Crippen LogP contribution in [0.2, 0.25) is 0 Å². The molecule has 3 rings (SSSR count). The first-order chi connectivity index (χ1) is 10.2. The largest absolute Gasteiger partial charge is 0.481 e. The fourth-order valence-electron chi connectivity index (χ4n) is 4.33. The zero-order valence-corrected chi connectivity index (χ0v) is 12.9. The number of carboxylic acid groups (broad SMARTS) is 1. The molecule has 0 heterocycles. The number of fused-ring (bicyclic) bond motifs is 1. The van der Waals surface area contributed by atoms with E-state index in [0.717, 1.165) is 25.7 Å². The highest BCUT2D eigenvalue weighted by Gasteiger charge is 2.33. The lowest BCUT2D eigenvalue weighted by Crippen LogP contribution is -2.28. The van der Waals surface area contributed by atoms with Crippen LogP contribution in [0.4, 0.5) is 0 Å². The summed E-state index contributed by atoms with van der Waals surface area (Å²) in [5.74, 6) is -0.620. The van der Waals surface area contributed by atoms with E-state index in [9.17, 15) is 9.90 Å². The zero-order valence-electron chi connectivity index (χ0n) is 12.9. The minimum absolute atomic E-state index is 0.0586. The summed E-state index contributed by atoms with van der Waals surface area (Å²) in [6.07, 6.45) is 12.1. The van der Waals surface area contributed by atoms with E-state index < -0.39 is 5.97 Å². The summed E-state index contributed by atoms with van der Waals surface area (Å²) in [5, 5.41) is 9.25. The topological polar surface area (TPSA) is 37.3 Å². The second-order valence-corrected chi connectivity index (χ2v) is 7.09. The third-order valence-electron chi connectivity index (χ3n) is 5.55. The quantitative estimate of drug-likeness (QED) is 0.863. The maximum Gasteiger partial charge on any atom is 0.303 e. The number of carbonyl (C=O) groups is 1. The molecular weight excluding hydrogens is 260 g/mol. The van der Waals surface area contributed by atoms with Crippen LogP contribution in [-0.2, 0) is 24.1 Å². The summed E-state index contributed by atoms with van der Waals surface area (Å²) in [6.45, 7) is 0. The first-order valence-corrected chi connectivity index (χ1v) is 8.49. The Labute approximate surface area is 127 Å². The number of aliphatic carboxylic acids is 1. The van der Waals surface area contributed by atoms with Crippen LogP contribution in [0.15, 0.2) is 18.2 Å². The van der Waals surface area contributed by atoms with Crippen LogP contribution < -0.4 is 0 Å². The highest BCUT2D eigenvalue weighted by molar-refractivity contribution is 5.67. The van der Waals surface area contributed by atoms with Gasteiger partial charge in [0, 0.05) is 0 Å². The Kier molecular flexibility index (Phi) is 4.32. The van der Waals surface area contributed by atoms with Gasteiger partial charge in [-0.05, 0) is 67.1 Å². The Balaban J connectivity index is 1.67. The van der Waals surface area contributed by atoms with Crippen molar-refractivity contribution in [1.29, 1.82) is 0 Å². The molecule has 0 amide bonds. The fraction of sp³-hybridized carbons (Fsp3) is 0.632. The van der Waals surface area contributed by atoms with Gasteiger partial charge in [-0.15, -0.1) is 0 Å². The Morgan fingerprint density at radius 2 is 1.81 bits per heavy atom. The molecule has 2 aliphatic rings. The van der Waals surface area contributed by atoms with Crippen molar-refractivity contribution >= 4 is 5.97 Å². The number of hydrogen-bond acceptors (Lipinski definition) is 1. The van der Waals surface area contributed by atoms with E-state index in [0.29, 0.717) is 6.42 Å². The van der Waals surface area contributed by atoms with Gasteiger partial charge in [0.1, 0.15) is 0 Å². The summed E-state index contributed by atoms with van der Waals surface area (Å²) in [6, 6.07) is 6.93. The molecule has 1 fully saturated rings. The maximum atomic E-state index is 11.2. The highest BCUT2D eigenvalue weighted by atomic mass is 16.4. The van der Waals surface area contributed by atoms with Crippen molar-refractivity contribution in [3.63, 3.8) is 0 Å². The Hall–Kier alpha value is -1.31. The van der Waals surface area contributed by atoms with E-state index in [2.05, 4.69) is 18.2 Å². The Bertz CT molecular complexity index is 512. The summed E-state index contributed by atoms with van der Waals surface area (Å²) >= 11 is 0. The Morgan fingerprint density at radius 3 is 2.57 bits per heavy atom. The van der Waals surface area contributed by atoms with Crippen molar-refractivity contribution < 1.29 is 9.90 Å². The monoisotopic (exact) mass is 286 g/mol. The molecule has 2 nitrogen and oxygen atoms in total. The van der Waals surface area contributed by atoms with Gasteiger partial charge < -0.3 is 5.11 Å². The molecule has 2 heteroatoms.